The number of carbonyl (C=O) groups is 1. The highest BCUT2D eigenvalue weighted by molar-refractivity contribution is 5.93. The number of rotatable bonds is 7. The van der Waals surface area contributed by atoms with Crippen molar-refractivity contribution >= 4 is 12.0 Å². The van der Waals surface area contributed by atoms with Crippen LogP contribution in [0.25, 0.3) is 6.08 Å². The molecule has 3 nitrogen and oxygen atoms in total. The molecule has 0 amide bonds. The van der Waals surface area contributed by atoms with Gasteiger partial charge in [-0.1, -0.05) is 36.6 Å². The van der Waals surface area contributed by atoms with Crippen molar-refractivity contribution in [3.8, 4) is 11.8 Å². The van der Waals surface area contributed by atoms with Crippen molar-refractivity contribution < 1.29 is 9.53 Å². The van der Waals surface area contributed by atoms with Gasteiger partial charge in [-0.3, -0.25) is 4.90 Å². The third-order valence-corrected chi connectivity index (χ3v) is 3.35. The molecule has 134 valence electrons. The summed E-state index contributed by atoms with van der Waals surface area (Å²) in [6.45, 7) is 13.8. The average Bonchev–Trinajstić information content (AvgIpc) is 2.53. The van der Waals surface area contributed by atoms with Crippen molar-refractivity contribution in [2.24, 2.45) is 5.41 Å². The number of hydrogen-bond acceptors (Lipinski definition) is 3. The topological polar surface area (TPSA) is 29.5 Å². The van der Waals surface area contributed by atoms with Crippen LogP contribution in [0.4, 0.5) is 0 Å². The first-order valence-corrected chi connectivity index (χ1v) is 8.55. The van der Waals surface area contributed by atoms with E-state index in [1.807, 2.05) is 31.3 Å². The maximum Gasteiger partial charge on any atom is 0.338 e. The minimum atomic E-state index is -0.308. The highest BCUT2D eigenvalue weighted by Crippen LogP contribution is 2.16. The van der Waals surface area contributed by atoms with E-state index in [1.165, 1.54) is 0 Å². The molecular formula is C22H29NO2. The van der Waals surface area contributed by atoms with E-state index in [0.717, 1.165) is 24.2 Å². The predicted molar refractivity (Wildman–Crippen MR) is 105 cm³/mol. The fourth-order valence-electron chi connectivity index (χ4n) is 2.20. The lowest BCUT2D eigenvalue weighted by Gasteiger charge is -2.15. The number of allylic oxidation sites excluding steroid dienone is 1. The van der Waals surface area contributed by atoms with Gasteiger partial charge in [0, 0.05) is 18.5 Å². The number of nitrogens with zero attached hydrogens (tertiary/aromatic N) is 1. The van der Waals surface area contributed by atoms with Gasteiger partial charge < -0.3 is 4.74 Å². The highest BCUT2D eigenvalue weighted by atomic mass is 16.5. The first-order valence-electron chi connectivity index (χ1n) is 8.55. The summed E-state index contributed by atoms with van der Waals surface area (Å²) < 4.78 is 5.07. The predicted octanol–water partition coefficient (Wildman–Crippen LogP) is 4.54. The molecule has 0 aromatic heterocycles. The van der Waals surface area contributed by atoms with Gasteiger partial charge in [0.15, 0.2) is 0 Å². The zero-order valence-electron chi connectivity index (χ0n) is 16.1. The van der Waals surface area contributed by atoms with Gasteiger partial charge in [-0.2, -0.15) is 0 Å². The smallest absolute Gasteiger partial charge is 0.338 e. The summed E-state index contributed by atoms with van der Waals surface area (Å²) in [4.78, 5) is 14.1. The van der Waals surface area contributed by atoms with Crippen LogP contribution in [-0.2, 0) is 11.3 Å². The van der Waals surface area contributed by atoms with E-state index in [4.69, 9.17) is 4.74 Å². The Balaban J connectivity index is 2.69. The van der Waals surface area contributed by atoms with Gasteiger partial charge in [0.25, 0.3) is 0 Å². The Morgan fingerprint density at radius 2 is 2.08 bits per heavy atom. The molecule has 0 aliphatic rings. The van der Waals surface area contributed by atoms with E-state index in [2.05, 4.69) is 50.2 Å². The largest absolute Gasteiger partial charge is 0.462 e. The molecular weight excluding hydrogens is 310 g/mol. The average molecular weight is 339 g/mol. The molecule has 0 saturated carbocycles. The second kappa shape index (κ2) is 9.86. The molecule has 0 unspecified atom stereocenters. The quantitative estimate of drug-likeness (QED) is 0.539. The van der Waals surface area contributed by atoms with E-state index in [9.17, 15) is 4.79 Å². The van der Waals surface area contributed by atoms with E-state index in [-0.39, 0.29) is 11.4 Å². The van der Waals surface area contributed by atoms with E-state index < -0.39 is 0 Å². The number of carbonyl (C=O) groups excluding carboxylic acids is 1. The highest BCUT2D eigenvalue weighted by Gasteiger charge is 2.11. The standard InChI is InChI=1S/C22H29NO2/c1-7-19-16-18(12-13-20(19)21(24)25-8-2)17-23(6)15-11-9-10-14-22(3,4)5/h7,9,11-13,16H,1,8,15,17H2,2-6H3/b11-9+. The third kappa shape index (κ3) is 7.87. The molecule has 0 bridgehead atoms. The molecule has 0 spiro atoms. The maximum atomic E-state index is 11.9. The van der Waals surface area contributed by atoms with Gasteiger partial charge in [0.1, 0.15) is 0 Å². The van der Waals surface area contributed by atoms with E-state index >= 15 is 0 Å². The fourth-order valence-corrected chi connectivity index (χ4v) is 2.20. The van der Waals surface area contributed by atoms with Gasteiger partial charge in [-0.25, -0.2) is 4.79 Å². The zero-order valence-corrected chi connectivity index (χ0v) is 16.1. The van der Waals surface area contributed by atoms with Crippen LogP contribution in [0.15, 0.2) is 36.9 Å². The maximum absolute atomic E-state index is 11.9. The molecule has 0 N–H and O–H groups in total. The number of benzene rings is 1. The summed E-state index contributed by atoms with van der Waals surface area (Å²) in [5, 5.41) is 0. The number of likely N-dealkylation sites (N-methyl/N-ethyl adjacent to an activating group) is 1. The van der Waals surface area contributed by atoms with E-state index in [0.29, 0.717) is 12.2 Å². The van der Waals surface area contributed by atoms with Crippen LogP contribution in [0.3, 0.4) is 0 Å². The lowest BCUT2D eigenvalue weighted by molar-refractivity contribution is 0.0526. The number of esters is 1. The summed E-state index contributed by atoms with van der Waals surface area (Å²) in [7, 11) is 2.05. The molecule has 1 aromatic rings. The molecule has 0 heterocycles. The molecule has 0 atom stereocenters. The molecule has 0 saturated heterocycles. The third-order valence-electron chi connectivity index (χ3n) is 3.35. The SMILES string of the molecule is C=Cc1cc(CN(C)C/C=C/C#CC(C)(C)C)ccc1C(=O)OCC. The molecule has 0 radical (unpaired) electrons. The Labute approximate surface area is 152 Å². The minimum absolute atomic E-state index is 0.0258. The van der Waals surface area contributed by atoms with Gasteiger partial charge in [-0.05, 0) is 64.1 Å². The van der Waals surface area contributed by atoms with Crippen LogP contribution in [-0.4, -0.2) is 31.1 Å². The van der Waals surface area contributed by atoms with Crippen molar-refractivity contribution in [3.63, 3.8) is 0 Å². The first-order chi connectivity index (χ1) is 11.8. The molecule has 0 aliphatic carbocycles. The van der Waals surface area contributed by atoms with E-state index in [1.54, 1.807) is 13.0 Å². The molecule has 1 aromatic carbocycles. The summed E-state index contributed by atoms with van der Waals surface area (Å²) in [5.74, 6) is 5.94. The lowest BCUT2D eigenvalue weighted by atomic mass is 9.98. The summed E-state index contributed by atoms with van der Waals surface area (Å²) >= 11 is 0. The second-order valence-corrected chi connectivity index (χ2v) is 6.96. The molecule has 25 heavy (non-hydrogen) atoms. The second-order valence-electron chi connectivity index (χ2n) is 6.96. The molecule has 1 rings (SSSR count). The van der Waals surface area contributed by atoms with Crippen LogP contribution in [0, 0.1) is 17.3 Å². The minimum Gasteiger partial charge on any atom is -0.462 e. The fraction of sp³-hybridized carbons (Fsp3) is 0.409. The van der Waals surface area contributed by atoms with Crippen molar-refractivity contribution in [2.75, 3.05) is 20.2 Å². The van der Waals surface area contributed by atoms with Crippen molar-refractivity contribution in [3.05, 3.63) is 53.6 Å². The van der Waals surface area contributed by atoms with Gasteiger partial charge in [0.05, 0.1) is 12.2 Å². The Bertz CT molecular complexity index is 684. The molecule has 0 fully saturated rings. The number of hydrogen-bond donors (Lipinski definition) is 0. The summed E-state index contributed by atoms with van der Waals surface area (Å²) in [6, 6.07) is 5.75. The Hall–Kier alpha value is -2.31. The summed E-state index contributed by atoms with van der Waals surface area (Å²) in [5.41, 5.74) is 2.51. The normalized spacial score (nSPS) is 11.3. The number of ether oxygens (including phenoxy) is 1. The Morgan fingerprint density at radius 1 is 1.36 bits per heavy atom. The van der Waals surface area contributed by atoms with Gasteiger partial charge >= 0.3 is 5.97 Å². The van der Waals surface area contributed by atoms with Crippen LogP contribution in [0.1, 0.15) is 49.2 Å². The van der Waals surface area contributed by atoms with Crippen LogP contribution in [0.5, 0.6) is 0 Å². The zero-order chi connectivity index (χ0) is 18.9. The summed E-state index contributed by atoms with van der Waals surface area (Å²) in [6.07, 6.45) is 5.65. The first kappa shape index (κ1) is 20.7. The van der Waals surface area contributed by atoms with Crippen LogP contribution < -0.4 is 0 Å². The van der Waals surface area contributed by atoms with Crippen LogP contribution in [0.2, 0.25) is 0 Å². The lowest BCUT2D eigenvalue weighted by Crippen LogP contribution is -2.18. The van der Waals surface area contributed by atoms with Crippen molar-refractivity contribution in [1.82, 2.24) is 4.90 Å². The molecule has 3 heteroatoms. The molecule has 0 aliphatic heterocycles. The van der Waals surface area contributed by atoms with Crippen LogP contribution >= 0.6 is 0 Å². The van der Waals surface area contributed by atoms with Crippen molar-refractivity contribution in [1.29, 1.82) is 0 Å². The Morgan fingerprint density at radius 3 is 2.68 bits per heavy atom. The van der Waals surface area contributed by atoms with Crippen molar-refractivity contribution in [2.45, 2.75) is 34.2 Å². The van der Waals surface area contributed by atoms with Gasteiger partial charge in [-0.15, -0.1) is 0 Å². The van der Waals surface area contributed by atoms with Gasteiger partial charge in [0.2, 0.25) is 0 Å². The Kier molecular flexibility index (Phi) is 8.18. The monoisotopic (exact) mass is 339 g/mol.